The van der Waals surface area contributed by atoms with E-state index in [0.29, 0.717) is 12.8 Å². The molecule has 0 aliphatic carbocycles. The van der Waals surface area contributed by atoms with Crippen LogP contribution < -0.4 is 5.73 Å². The van der Waals surface area contributed by atoms with Crippen molar-refractivity contribution >= 4 is 19.8 Å². The minimum Gasteiger partial charge on any atom is -0.462 e. The molecule has 9 nitrogen and oxygen atoms in total. The highest BCUT2D eigenvalue weighted by Crippen LogP contribution is 2.43. The van der Waals surface area contributed by atoms with Gasteiger partial charge >= 0.3 is 19.8 Å². The summed E-state index contributed by atoms with van der Waals surface area (Å²) in [7, 11) is -4.39. The van der Waals surface area contributed by atoms with Gasteiger partial charge in [-0.3, -0.25) is 18.6 Å². The molecule has 0 aromatic carbocycles. The van der Waals surface area contributed by atoms with Gasteiger partial charge in [0.25, 0.3) is 0 Å². The minimum absolute atomic E-state index is 0.0590. The van der Waals surface area contributed by atoms with E-state index in [4.69, 9.17) is 24.3 Å². The standard InChI is InChI=1S/C86H172NO8P/c1-3-5-7-9-11-13-15-17-19-21-23-25-27-29-31-33-35-37-39-41-43-45-47-49-51-53-55-57-59-61-63-65-67-69-71-73-75-77-79-86(89)95-84(83-94-96(90,91)93-81-80-87)82-92-85(88)78-76-74-72-70-68-66-64-62-60-58-56-54-52-50-48-46-44-42-40-38-36-34-32-30-28-26-24-22-20-18-16-14-12-10-8-6-4-2/h84H,3-83,87H2,1-2H3,(H,90,91). The van der Waals surface area contributed by atoms with E-state index in [2.05, 4.69) is 13.8 Å². The van der Waals surface area contributed by atoms with Crippen LogP contribution in [0.25, 0.3) is 0 Å². The lowest BCUT2D eigenvalue weighted by Crippen LogP contribution is -2.29. The number of hydrogen-bond acceptors (Lipinski definition) is 8. The Morgan fingerprint density at radius 3 is 0.635 bits per heavy atom. The minimum atomic E-state index is -4.39. The number of unbranched alkanes of at least 4 members (excludes halogenated alkanes) is 73. The Balaban J connectivity index is 3.68. The van der Waals surface area contributed by atoms with Crippen LogP contribution in [-0.2, 0) is 32.7 Å². The quantitative estimate of drug-likeness (QED) is 0.0347. The summed E-state index contributed by atoms with van der Waals surface area (Å²) in [6.07, 6.45) is 103. The first-order valence-corrected chi connectivity index (χ1v) is 45.5. The van der Waals surface area contributed by atoms with Gasteiger partial charge in [-0.1, -0.05) is 483 Å². The van der Waals surface area contributed by atoms with Gasteiger partial charge in [-0.15, -0.1) is 0 Å². The molecular weight excluding hydrogens is 1210 g/mol. The van der Waals surface area contributed by atoms with Crippen molar-refractivity contribution in [3.05, 3.63) is 0 Å². The SMILES string of the molecule is CCCCCCCCCCCCCCCCCCCCCCCCCCCCCCCCCCCCCCCCC(=O)OC(COC(=O)CCCCCCCCCCCCCCCCCCCCCCCCCCCCCCCCCCCCCCC)COP(=O)(O)OCCN. The number of phosphoric ester groups is 1. The lowest BCUT2D eigenvalue weighted by Gasteiger charge is -2.19. The number of carbonyl (C=O) groups is 2. The van der Waals surface area contributed by atoms with Gasteiger partial charge in [0.15, 0.2) is 6.10 Å². The van der Waals surface area contributed by atoms with Gasteiger partial charge in [0.05, 0.1) is 13.2 Å². The fourth-order valence-electron chi connectivity index (χ4n) is 14.2. The fourth-order valence-corrected chi connectivity index (χ4v) is 15.0. The average molecular weight is 1380 g/mol. The van der Waals surface area contributed by atoms with Gasteiger partial charge in [0, 0.05) is 19.4 Å². The Kier molecular flexibility index (Phi) is 82.1. The Labute approximate surface area is 600 Å². The van der Waals surface area contributed by atoms with Crippen LogP contribution in [0.3, 0.4) is 0 Å². The van der Waals surface area contributed by atoms with E-state index in [0.717, 1.165) is 32.1 Å². The first-order valence-electron chi connectivity index (χ1n) is 44.0. The molecule has 0 heterocycles. The van der Waals surface area contributed by atoms with E-state index in [1.807, 2.05) is 0 Å². The van der Waals surface area contributed by atoms with E-state index in [1.54, 1.807) is 0 Å². The van der Waals surface area contributed by atoms with Crippen LogP contribution in [0.15, 0.2) is 0 Å². The molecule has 0 rings (SSSR count). The molecule has 0 spiro atoms. The molecule has 2 unspecified atom stereocenters. The Morgan fingerprint density at radius 2 is 0.448 bits per heavy atom. The fraction of sp³-hybridized carbons (Fsp3) is 0.977. The monoisotopic (exact) mass is 1380 g/mol. The number of rotatable bonds is 86. The zero-order valence-electron chi connectivity index (χ0n) is 65.2. The highest BCUT2D eigenvalue weighted by molar-refractivity contribution is 7.47. The molecule has 574 valence electrons. The summed E-state index contributed by atoms with van der Waals surface area (Å²) in [5.74, 6) is -0.792. The normalized spacial score (nSPS) is 12.7. The van der Waals surface area contributed by atoms with Crippen molar-refractivity contribution in [3.63, 3.8) is 0 Å². The molecule has 3 N–H and O–H groups in total. The molecule has 96 heavy (non-hydrogen) atoms. The molecule has 0 aliphatic rings. The van der Waals surface area contributed by atoms with Crippen molar-refractivity contribution < 1.29 is 37.6 Å². The second-order valence-corrected chi connectivity index (χ2v) is 31.9. The van der Waals surface area contributed by atoms with Gasteiger partial charge in [-0.25, -0.2) is 4.57 Å². The second-order valence-electron chi connectivity index (χ2n) is 30.5. The van der Waals surface area contributed by atoms with Crippen molar-refractivity contribution in [2.75, 3.05) is 26.4 Å². The summed E-state index contributed by atoms with van der Waals surface area (Å²) in [4.78, 5) is 35.5. The van der Waals surface area contributed by atoms with Crippen LogP contribution in [0.1, 0.15) is 508 Å². The summed E-state index contributed by atoms with van der Waals surface area (Å²) in [6.45, 7) is 3.87. The Morgan fingerprint density at radius 1 is 0.271 bits per heavy atom. The number of hydrogen-bond donors (Lipinski definition) is 2. The van der Waals surface area contributed by atoms with E-state index in [1.165, 1.54) is 443 Å². The molecule has 0 bridgehead atoms. The molecule has 0 saturated carbocycles. The first kappa shape index (κ1) is 95.0. The molecule has 0 aromatic rings. The van der Waals surface area contributed by atoms with Crippen molar-refractivity contribution in [1.82, 2.24) is 0 Å². The van der Waals surface area contributed by atoms with Crippen molar-refractivity contribution in [3.8, 4) is 0 Å². The van der Waals surface area contributed by atoms with Gasteiger partial charge < -0.3 is 20.1 Å². The summed E-state index contributed by atoms with van der Waals surface area (Å²) in [6, 6.07) is 0. The van der Waals surface area contributed by atoms with Crippen LogP contribution in [0.4, 0.5) is 0 Å². The van der Waals surface area contributed by atoms with E-state index < -0.39 is 26.5 Å². The van der Waals surface area contributed by atoms with Crippen molar-refractivity contribution in [2.45, 2.75) is 514 Å². The van der Waals surface area contributed by atoms with Gasteiger partial charge in [0.2, 0.25) is 0 Å². The molecule has 0 amide bonds. The largest absolute Gasteiger partial charge is 0.472 e. The zero-order valence-corrected chi connectivity index (χ0v) is 66.1. The van der Waals surface area contributed by atoms with E-state index >= 15 is 0 Å². The molecule has 0 aliphatic heterocycles. The Hall–Kier alpha value is -0.990. The maximum atomic E-state index is 12.8. The van der Waals surface area contributed by atoms with Crippen LogP contribution >= 0.6 is 7.82 Å². The average Bonchev–Trinajstić information content (AvgIpc) is 1.90. The highest BCUT2D eigenvalue weighted by Gasteiger charge is 2.26. The smallest absolute Gasteiger partial charge is 0.462 e. The van der Waals surface area contributed by atoms with E-state index in [9.17, 15) is 19.0 Å². The van der Waals surface area contributed by atoms with E-state index in [-0.39, 0.29) is 32.1 Å². The molecule has 0 radical (unpaired) electrons. The molecule has 10 heteroatoms. The summed E-state index contributed by atoms with van der Waals surface area (Å²) < 4.78 is 33.3. The lowest BCUT2D eigenvalue weighted by molar-refractivity contribution is -0.161. The first-order chi connectivity index (χ1) is 47.3. The maximum Gasteiger partial charge on any atom is 0.472 e. The molecule has 0 saturated heterocycles. The number of nitrogens with two attached hydrogens (primary N) is 1. The van der Waals surface area contributed by atoms with Crippen LogP contribution in [0.2, 0.25) is 0 Å². The summed E-state index contributed by atoms with van der Waals surface area (Å²) in [5.41, 5.74) is 5.42. The maximum absolute atomic E-state index is 12.8. The third-order valence-electron chi connectivity index (χ3n) is 20.7. The van der Waals surface area contributed by atoms with Gasteiger partial charge in [-0.05, 0) is 12.8 Å². The number of carbonyl (C=O) groups excluding carboxylic acids is 2. The van der Waals surface area contributed by atoms with Crippen LogP contribution in [-0.4, -0.2) is 49.3 Å². The third-order valence-corrected chi connectivity index (χ3v) is 21.7. The van der Waals surface area contributed by atoms with Gasteiger partial charge in [-0.2, -0.15) is 0 Å². The molecule has 0 aromatic heterocycles. The second kappa shape index (κ2) is 83.0. The predicted octanol–water partition coefficient (Wildman–Crippen LogP) is 29.6. The van der Waals surface area contributed by atoms with Crippen molar-refractivity contribution in [2.24, 2.45) is 5.73 Å². The lowest BCUT2D eigenvalue weighted by atomic mass is 10.0. The number of phosphoric acid groups is 1. The van der Waals surface area contributed by atoms with Crippen LogP contribution in [0.5, 0.6) is 0 Å². The topological polar surface area (TPSA) is 134 Å². The molecule has 2 atom stereocenters. The summed E-state index contributed by atoms with van der Waals surface area (Å²) in [5, 5.41) is 0. The summed E-state index contributed by atoms with van der Waals surface area (Å²) >= 11 is 0. The van der Waals surface area contributed by atoms with Gasteiger partial charge in [0.1, 0.15) is 6.61 Å². The zero-order chi connectivity index (χ0) is 69.3. The number of esters is 2. The molecule has 0 fully saturated rings. The predicted molar refractivity (Wildman–Crippen MR) is 418 cm³/mol. The van der Waals surface area contributed by atoms with Crippen molar-refractivity contribution in [1.29, 1.82) is 0 Å². The highest BCUT2D eigenvalue weighted by atomic mass is 31.2. The third kappa shape index (κ3) is 82.0. The molecular formula is C86H172NO8P. The van der Waals surface area contributed by atoms with Crippen LogP contribution in [0, 0.1) is 0 Å². The Bertz CT molecular complexity index is 1530. The number of ether oxygens (including phenoxy) is 2.